The van der Waals surface area contributed by atoms with Crippen LogP contribution < -0.4 is 10.1 Å². The molecule has 1 aliphatic carbocycles. The number of amides is 1. The first-order chi connectivity index (χ1) is 14.0. The van der Waals surface area contributed by atoms with E-state index in [-0.39, 0.29) is 18.6 Å². The van der Waals surface area contributed by atoms with Crippen molar-refractivity contribution < 1.29 is 9.53 Å². The molecule has 0 bridgehead atoms. The smallest absolute Gasteiger partial charge is 0.258 e. The fourth-order valence-electron chi connectivity index (χ4n) is 3.71. The highest BCUT2D eigenvalue weighted by molar-refractivity contribution is 5.84. The number of fused-ring (bicyclic) bond motifs is 1. The molecule has 0 aliphatic heterocycles. The highest BCUT2D eigenvalue weighted by Gasteiger charge is 2.30. The second-order valence-corrected chi connectivity index (χ2v) is 8.04. The van der Waals surface area contributed by atoms with Crippen molar-refractivity contribution in [2.45, 2.75) is 51.5 Å². The Morgan fingerprint density at radius 1 is 1.31 bits per heavy atom. The van der Waals surface area contributed by atoms with Crippen LogP contribution in [0.5, 0.6) is 5.88 Å². The van der Waals surface area contributed by atoms with Crippen molar-refractivity contribution in [3.05, 3.63) is 53.2 Å². The van der Waals surface area contributed by atoms with E-state index >= 15 is 0 Å². The molecule has 1 amide bonds. The van der Waals surface area contributed by atoms with E-state index < -0.39 is 0 Å². The van der Waals surface area contributed by atoms with Gasteiger partial charge in [0.25, 0.3) is 5.91 Å². The van der Waals surface area contributed by atoms with E-state index in [2.05, 4.69) is 34.5 Å². The van der Waals surface area contributed by atoms with Gasteiger partial charge in [0.05, 0.1) is 5.69 Å². The monoisotopic (exact) mass is 392 g/mol. The molecule has 152 valence electrons. The van der Waals surface area contributed by atoms with Crippen molar-refractivity contribution in [2.24, 2.45) is 7.05 Å². The summed E-state index contributed by atoms with van der Waals surface area (Å²) in [5.74, 6) is 0.898. The zero-order valence-corrected chi connectivity index (χ0v) is 17.3. The number of hydrogen-bond acceptors (Lipinski definition) is 4. The number of pyridine rings is 1. The maximum Gasteiger partial charge on any atom is 0.258 e. The summed E-state index contributed by atoms with van der Waals surface area (Å²) < 4.78 is 7.51. The minimum Gasteiger partial charge on any atom is -0.468 e. The third kappa shape index (κ3) is 4.58. The summed E-state index contributed by atoms with van der Waals surface area (Å²) in [5.41, 5.74) is 4.33. The predicted molar refractivity (Wildman–Crippen MR) is 113 cm³/mol. The molecule has 1 aromatic carbocycles. The van der Waals surface area contributed by atoms with Crippen LogP contribution >= 0.6 is 0 Å². The van der Waals surface area contributed by atoms with Crippen LogP contribution in [0, 0.1) is 6.92 Å². The normalized spacial score (nSPS) is 14.7. The molecule has 6 heteroatoms. The first-order valence-electron chi connectivity index (χ1n) is 10.3. The van der Waals surface area contributed by atoms with Gasteiger partial charge < -0.3 is 10.1 Å². The van der Waals surface area contributed by atoms with Gasteiger partial charge in [-0.2, -0.15) is 10.1 Å². The number of hydrogen-bond donors (Lipinski definition) is 1. The number of rotatable bonds is 8. The van der Waals surface area contributed by atoms with E-state index in [0.717, 1.165) is 35.1 Å². The summed E-state index contributed by atoms with van der Waals surface area (Å²) in [4.78, 5) is 16.9. The second-order valence-electron chi connectivity index (χ2n) is 8.04. The van der Waals surface area contributed by atoms with Gasteiger partial charge in [-0.25, -0.2) is 0 Å². The van der Waals surface area contributed by atoms with Gasteiger partial charge >= 0.3 is 0 Å². The standard InChI is InChI=1S/C23H28N4O2/c1-15-13-20(25-23-21(15)22(18-11-12-18)26-27(23)3)29-14-19(28)24-16(2)9-10-17-7-5-4-6-8-17/h4-8,13,16,18H,9-12,14H2,1-3H3,(H,24,28). The third-order valence-electron chi connectivity index (χ3n) is 5.43. The molecule has 1 N–H and O–H groups in total. The van der Waals surface area contributed by atoms with Gasteiger partial charge in [0.1, 0.15) is 0 Å². The Bertz CT molecular complexity index is 1010. The minimum absolute atomic E-state index is 0.0407. The van der Waals surface area contributed by atoms with Crippen LogP contribution in [0.15, 0.2) is 36.4 Å². The number of ether oxygens (including phenoxy) is 1. The summed E-state index contributed by atoms with van der Waals surface area (Å²) in [6.07, 6.45) is 4.22. The molecule has 6 nitrogen and oxygen atoms in total. The van der Waals surface area contributed by atoms with E-state index in [1.807, 2.05) is 42.9 Å². The summed E-state index contributed by atoms with van der Waals surface area (Å²) in [5, 5.41) is 8.78. The largest absolute Gasteiger partial charge is 0.468 e. The van der Waals surface area contributed by atoms with E-state index in [1.54, 1.807) is 0 Å². The fraction of sp³-hybridized carbons (Fsp3) is 0.435. The Morgan fingerprint density at radius 3 is 2.79 bits per heavy atom. The lowest BCUT2D eigenvalue weighted by Gasteiger charge is -2.14. The van der Waals surface area contributed by atoms with Crippen molar-refractivity contribution in [2.75, 3.05) is 6.61 Å². The average Bonchev–Trinajstić information content (AvgIpc) is 3.50. The van der Waals surface area contributed by atoms with Crippen LogP contribution in [-0.4, -0.2) is 33.3 Å². The number of nitrogens with zero attached hydrogens (tertiary/aromatic N) is 3. The third-order valence-corrected chi connectivity index (χ3v) is 5.43. The Balaban J connectivity index is 1.33. The second kappa shape index (κ2) is 8.23. The molecular weight excluding hydrogens is 364 g/mol. The van der Waals surface area contributed by atoms with Crippen molar-refractivity contribution in [1.82, 2.24) is 20.1 Å². The van der Waals surface area contributed by atoms with E-state index in [0.29, 0.717) is 11.8 Å². The molecule has 2 aromatic heterocycles. The number of carbonyl (C=O) groups is 1. The van der Waals surface area contributed by atoms with E-state index in [9.17, 15) is 4.79 Å². The van der Waals surface area contributed by atoms with Gasteiger partial charge in [0.2, 0.25) is 5.88 Å². The lowest BCUT2D eigenvalue weighted by molar-refractivity contribution is -0.123. The molecular formula is C23H28N4O2. The molecule has 0 spiro atoms. The van der Waals surface area contributed by atoms with Gasteiger partial charge in [-0.15, -0.1) is 0 Å². The molecule has 3 aromatic rings. The Hall–Kier alpha value is -2.89. The Labute approximate surface area is 171 Å². The number of aromatic nitrogens is 3. The topological polar surface area (TPSA) is 69.0 Å². The van der Waals surface area contributed by atoms with Gasteiger partial charge in [-0.1, -0.05) is 30.3 Å². The van der Waals surface area contributed by atoms with Crippen molar-refractivity contribution >= 4 is 16.9 Å². The minimum atomic E-state index is -0.131. The maximum atomic E-state index is 12.3. The first kappa shape index (κ1) is 19.4. The molecule has 1 unspecified atom stereocenters. The fourth-order valence-corrected chi connectivity index (χ4v) is 3.71. The van der Waals surface area contributed by atoms with Crippen molar-refractivity contribution in [1.29, 1.82) is 0 Å². The van der Waals surface area contributed by atoms with E-state index in [4.69, 9.17) is 4.74 Å². The van der Waals surface area contributed by atoms with Crippen molar-refractivity contribution in [3.8, 4) is 5.88 Å². The van der Waals surface area contributed by atoms with Crippen LogP contribution in [0.1, 0.15) is 48.9 Å². The first-order valence-corrected chi connectivity index (χ1v) is 10.3. The van der Waals surface area contributed by atoms with Crippen LogP contribution in [0.3, 0.4) is 0 Å². The van der Waals surface area contributed by atoms with Crippen LogP contribution in [0.4, 0.5) is 0 Å². The number of aryl methyl sites for hydroxylation is 3. The molecule has 1 saturated carbocycles. The van der Waals surface area contributed by atoms with Crippen molar-refractivity contribution in [3.63, 3.8) is 0 Å². The molecule has 1 fully saturated rings. The number of carbonyl (C=O) groups excluding carboxylic acids is 1. The molecule has 1 aliphatic rings. The number of nitrogens with one attached hydrogen (secondary N) is 1. The highest BCUT2D eigenvalue weighted by atomic mass is 16.5. The van der Waals surface area contributed by atoms with Gasteiger partial charge in [0.15, 0.2) is 12.3 Å². The Kier molecular flexibility index (Phi) is 5.51. The van der Waals surface area contributed by atoms with Gasteiger partial charge in [-0.05, 0) is 50.7 Å². The summed E-state index contributed by atoms with van der Waals surface area (Å²) >= 11 is 0. The predicted octanol–water partition coefficient (Wildman–Crippen LogP) is 3.67. The van der Waals surface area contributed by atoms with E-state index in [1.165, 1.54) is 18.4 Å². The highest BCUT2D eigenvalue weighted by Crippen LogP contribution is 2.43. The summed E-state index contributed by atoms with van der Waals surface area (Å²) in [6, 6.07) is 12.3. The van der Waals surface area contributed by atoms with Crippen LogP contribution in [0.2, 0.25) is 0 Å². The zero-order chi connectivity index (χ0) is 20.4. The lowest BCUT2D eigenvalue weighted by atomic mass is 10.1. The molecule has 1 atom stereocenters. The van der Waals surface area contributed by atoms with Crippen LogP contribution in [0.25, 0.3) is 11.0 Å². The molecule has 29 heavy (non-hydrogen) atoms. The summed E-state index contributed by atoms with van der Waals surface area (Å²) in [6.45, 7) is 4.03. The SMILES string of the molecule is Cc1cc(OCC(=O)NC(C)CCc2ccccc2)nc2c1c(C1CC1)nn2C. The summed E-state index contributed by atoms with van der Waals surface area (Å²) in [7, 11) is 1.91. The maximum absolute atomic E-state index is 12.3. The number of benzene rings is 1. The zero-order valence-electron chi connectivity index (χ0n) is 17.3. The Morgan fingerprint density at radius 2 is 2.07 bits per heavy atom. The van der Waals surface area contributed by atoms with Crippen LogP contribution in [-0.2, 0) is 18.3 Å². The average molecular weight is 393 g/mol. The quantitative estimate of drug-likeness (QED) is 0.635. The van der Waals surface area contributed by atoms with Gasteiger partial charge in [-0.3, -0.25) is 9.48 Å². The molecule has 0 saturated heterocycles. The molecule has 0 radical (unpaired) electrons. The molecule has 4 rings (SSSR count). The van der Waals surface area contributed by atoms with Gasteiger partial charge in [0, 0.05) is 30.5 Å². The molecule has 2 heterocycles. The lowest BCUT2D eigenvalue weighted by Crippen LogP contribution is -2.36.